The van der Waals surface area contributed by atoms with E-state index in [1.807, 2.05) is 12.1 Å². The lowest BCUT2D eigenvalue weighted by atomic mass is 9.84. The van der Waals surface area contributed by atoms with Crippen LogP contribution < -0.4 is 0 Å². The zero-order chi connectivity index (χ0) is 13.1. The van der Waals surface area contributed by atoms with E-state index in [9.17, 15) is 0 Å². The first-order chi connectivity index (χ1) is 7.90. The Balaban J connectivity index is 2.93. The molecular formula is C15H24O2. The fourth-order valence-corrected chi connectivity index (χ4v) is 1.95. The second-order valence-electron chi connectivity index (χ2n) is 5.83. The molecule has 1 aromatic carbocycles. The lowest BCUT2D eigenvalue weighted by molar-refractivity contribution is -0.303. The molecule has 0 aliphatic heterocycles. The number of benzene rings is 1. The van der Waals surface area contributed by atoms with Crippen LogP contribution in [0.3, 0.4) is 0 Å². The first-order valence-corrected chi connectivity index (χ1v) is 6.30. The summed E-state index contributed by atoms with van der Waals surface area (Å²) in [5.41, 5.74) is 2.24. The average molecular weight is 236 g/mol. The highest BCUT2D eigenvalue weighted by Crippen LogP contribution is 2.35. The van der Waals surface area contributed by atoms with Crippen LogP contribution in [0.4, 0.5) is 0 Å². The molecule has 0 fully saturated rings. The van der Waals surface area contributed by atoms with Crippen molar-refractivity contribution < 1.29 is 10.1 Å². The van der Waals surface area contributed by atoms with Crippen LogP contribution in [0, 0.1) is 5.41 Å². The predicted molar refractivity (Wildman–Crippen MR) is 71.1 cm³/mol. The number of rotatable bonds is 4. The van der Waals surface area contributed by atoms with Crippen molar-refractivity contribution in [2.75, 3.05) is 0 Å². The van der Waals surface area contributed by atoms with Crippen molar-refractivity contribution in [3.05, 3.63) is 35.4 Å². The average Bonchev–Trinajstić information content (AvgIpc) is 2.28. The van der Waals surface area contributed by atoms with Crippen molar-refractivity contribution in [3.63, 3.8) is 0 Å². The molecule has 1 N–H and O–H groups in total. The van der Waals surface area contributed by atoms with E-state index in [0.717, 1.165) is 12.0 Å². The van der Waals surface area contributed by atoms with Crippen LogP contribution in [0.15, 0.2) is 24.3 Å². The molecule has 1 aromatic rings. The van der Waals surface area contributed by atoms with E-state index in [0.29, 0.717) is 5.92 Å². The van der Waals surface area contributed by atoms with Crippen molar-refractivity contribution in [3.8, 4) is 0 Å². The Morgan fingerprint density at radius 2 is 1.59 bits per heavy atom. The van der Waals surface area contributed by atoms with Crippen LogP contribution in [0.1, 0.15) is 64.2 Å². The normalized spacial score (nSPS) is 15.6. The highest BCUT2D eigenvalue weighted by Gasteiger charge is 2.27. The monoisotopic (exact) mass is 236 g/mol. The molecule has 2 unspecified atom stereocenters. The highest BCUT2D eigenvalue weighted by atomic mass is 17.1. The lowest BCUT2D eigenvalue weighted by Gasteiger charge is -2.28. The Bertz CT molecular complexity index is 335. The minimum atomic E-state index is -0.284. The minimum absolute atomic E-state index is 0.118. The van der Waals surface area contributed by atoms with Crippen LogP contribution in [0.25, 0.3) is 0 Å². The van der Waals surface area contributed by atoms with Crippen molar-refractivity contribution in [1.82, 2.24) is 0 Å². The molecule has 0 bridgehead atoms. The Morgan fingerprint density at radius 1 is 1.12 bits per heavy atom. The summed E-state index contributed by atoms with van der Waals surface area (Å²) in [6.07, 6.45) is 0.854. The molecule has 2 heteroatoms. The van der Waals surface area contributed by atoms with Gasteiger partial charge in [-0.3, -0.25) is 5.26 Å². The van der Waals surface area contributed by atoms with Crippen molar-refractivity contribution in [1.29, 1.82) is 0 Å². The third kappa shape index (κ3) is 3.55. The SMILES string of the molecule is CCC(C)c1ccc(C(OO)C(C)(C)C)cc1. The van der Waals surface area contributed by atoms with Crippen LogP contribution >= 0.6 is 0 Å². The molecule has 0 spiro atoms. The van der Waals surface area contributed by atoms with Crippen molar-refractivity contribution >= 4 is 0 Å². The summed E-state index contributed by atoms with van der Waals surface area (Å²) in [6.45, 7) is 10.6. The number of hydrogen-bond acceptors (Lipinski definition) is 2. The summed E-state index contributed by atoms with van der Waals surface area (Å²) in [5.74, 6) is 0.576. The maximum atomic E-state index is 9.04. The van der Waals surface area contributed by atoms with Gasteiger partial charge in [0.25, 0.3) is 0 Å². The largest absolute Gasteiger partial charge is 0.251 e. The standard InChI is InChI=1S/C15H24O2/c1-6-11(2)12-7-9-13(10-8-12)14(17-16)15(3,4)5/h7-11,14,16H,6H2,1-5H3. The second-order valence-corrected chi connectivity index (χ2v) is 5.83. The van der Waals surface area contributed by atoms with Crippen LogP contribution in [-0.4, -0.2) is 5.26 Å². The Morgan fingerprint density at radius 3 is 1.94 bits per heavy atom. The van der Waals surface area contributed by atoms with Crippen molar-refractivity contribution in [2.45, 2.75) is 53.1 Å². The van der Waals surface area contributed by atoms with Gasteiger partial charge in [-0.15, -0.1) is 0 Å². The maximum Gasteiger partial charge on any atom is 0.122 e. The van der Waals surface area contributed by atoms with Gasteiger partial charge in [0.2, 0.25) is 0 Å². The Hall–Kier alpha value is -0.860. The first-order valence-electron chi connectivity index (χ1n) is 6.30. The quantitative estimate of drug-likeness (QED) is 0.602. The smallest absolute Gasteiger partial charge is 0.122 e. The predicted octanol–water partition coefficient (Wildman–Crippen LogP) is 4.78. The molecular weight excluding hydrogens is 212 g/mol. The Labute approximate surface area is 105 Å². The third-order valence-corrected chi connectivity index (χ3v) is 3.31. The van der Waals surface area contributed by atoms with Gasteiger partial charge >= 0.3 is 0 Å². The molecule has 17 heavy (non-hydrogen) atoms. The molecule has 1 rings (SSSR count). The zero-order valence-electron chi connectivity index (χ0n) is 11.5. The van der Waals surface area contributed by atoms with E-state index in [2.05, 4.69) is 51.6 Å². The molecule has 96 valence electrons. The van der Waals surface area contributed by atoms with Crippen molar-refractivity contribution in [2.24, 2.45) is 5.41 Å². The fourth-order valence-electron chi connectivity index (χ4n) is 1.95. The second kappa shape index (κ2) is 5.65. The third-order valence-electron chi connectivity index (χ3n) is 3.31. The molecule has 0 aromatic heterocycles. The van der Waals surface area contributed by atoms with Gasteiger partial charge in [0, 0.05) is 0 Å². The molecule has 0 radical (unpaired) electrons. The molecule has 0 aliphatic carbocycles. The summed E-state index contributed by atoms with van der Waals surface area (Å²) in [7, 11) is 0. The van der Waals surface area contributed by atoms with Gasteiger partial charge in [-0.05, 0) is 28.9 Å². The van der Waals surface area contributed by atoms with E-state index in [1.165, 1.54) is 5.56 Å². The minimum Gasteiger partial charge on any atom is -0.251 e. The molecule has 2 atom stereocenters. The molecule has 0 saturated heterocycles. The number of hydrogen-bond donors (Lipinski definition) is 1. The lowest BCUT2D eigenvalue weighted by Crippen LogP contribution is -2.20. The molecule has 0 amide bonds. The van der Waals surface area contributed by atoms with Gasteiger partial charge in [-0.25, -0.2) is 4.89 Å². The van der Waals surface area contributed by atoms with Gasteiger partial charge in [0.05, 0.1) is 0 Å². The van der Waals surface area contributed by atoms with E-state index < -0.39 is 0 Å². The van der Waals surface area contributed by atoms with E-state index in [1.54, 1.807) is 0 Å². The van der Waals surface area contributed by atoms with Gasteiger partial charge in [-0.1, -0.05) is 58.9 Å². The van der Waals surface area contributed by atoms with Crippen LogP contribution in [0.2, 0.25) is 0 Å². The van der Waals surface area contributed by atoms with Crippen LogP contribution in [-0.2, 0) is 4.89 Å². The van der Waals surface area contributed by atoms with Gasteiger partial charge < -0.3 is 0 Å². The fraction of sp³-hybridized carbons (Fsp3) is 0.600. The van der Waals surface area contributed by atoms with Gasteiger partial charge in [0.15, 0.2) is 0 Å². The van der Waals surface area contributed by atoms with E-state index in [-0.39, 0.29) is 11.5 Å². The Kier molecular flexibility index (Phi) is 4.72. The highest BCUT2D eigenvalue weighted by molar-refractivity contribution is 5.27. The maximum absolute atomic E-state index is 9.04. The topological polar surface area (TPSA) is 29.5 Å². The summed E-state index contributed by atoms with van der Waals surface area (Å²) >= 11 is 0. The summed E-state index contributed by atoms with van der Waals surface area (Å²) in [5, 5.41) is 9.04. The van der Waals surface area contributed by atoms with E-state index in [4.69, 9.17) is 5.26 Å². The molecule has 0 heterocycles. The molecule has 0 saturated carbocycles. The van der Waals surface area contributed by atoms with Gasteiger partial charge in [0.1, 0.15) is 6.10 Å². The van der Waals surface area contributed by atoms with Crippen LogP contribution in [0.5, 0.6) is 0 Å². The molecule has 2 nitrogen and oxygen atoms in total. The van der Waals surface area contributed by atoms with Gasteiger partial charge in [-0.2, -0.15) is 0 Å². The summed E-state index contributed by atoms with van der Waals surface area (Å²) < 4.78 is 0. The summed E-state index contributed by atoms with van der Waals surface area (Å²) in [6, 6.07) is 8.35. The van der Waals surface area contributed by atoms with E-state index >= 15 is 0 Å². The zero-order valence-corrected chi connectivity index (χ0v) is 11.5. The first kappa shape index (κ1) is 14.2. The summed E-state index contributed by atoms with van der Waals surface area (Å²) in [4.78, 5) is 4.63. The molecule has 0 aliphatic rings.